The SMILES string of the molecule is COc1ccc(C(OC[C@H]2O[C@@H](n3ccc(=O)[nH]c3=O)[C@H](CCn3cc(C)c(=O)[nH]c3=O)[C@@H]2O)(c2ccccc2)c2ccc(OC)cc2)cc1. The normalized spacial score (nSPS) is 19.0. The van der Waals surface area contributed by atoms with Crippen LogP contribution in [-0.2, 0) is 21.6 Å². The minimum Gasteiger partial charge on any atom is -0.497 e. The highest BCUT2D eigenvalue weighted by Crippen LogP contribution is 2.43. The first-order valence-corrected chi connectivity index (χ1v) is 16.1. The van der Waals surface area contributed by atoms with E-state index >= 15 is 0 Å². The Bertz CT molecular complexity index is 2110. The molecule has 0 saturated carbocycles. The molecular weight excluding hydrogens is 644 g/mol. The predicted octanol–water partition coefficient (Wildman–Crippen LogP) is 2.69. The van der Waals surface area contributed by atoms with Crippen molar-refractivity contribution in [3.63, 3.8) is 0 Å². The monoisotopic (exact) mass is 682 g/mol. The van der Waals surface area contributed by atoms with Crippen molar-refractivity contribution in [1.29, 1.82) is 0 Å². The van der Waals surface area contributed by atoms with Gasteiger partial charge in [0, 0.05) is 36.5 Å². The Morgan fingerprint density at radius 1 is 0.800 bits per heavy atom. The van der Waals surface area contributed by atoms with Crippen LogP contribution in [0.15, 0.2) is 117 Å². The second-order valence-electron chi connectivity index (χ2n) is 12.1. The van der Waals surface area contributed by atoms with Gasteiger partial charge in [-0.25, -0.2) is 9.59 Å². The van der Waals surface area contributed by atoms with Crippen LogP contribution in [0.3, 0.4) is 0 Å². The molecule has 3 aromatic carbocycles. The van der Waals surface area contributed by atoms with Gasteiger partial charge in [0.25, 0.3) is 11.1 Å². The van der Waals surface area contributed by atoms with E-state index in [9.17, 15) is 24.3 Å². The highest BCUT2D eigenvalue weighted by Gasteiger charge is 2.47. The second-order valence-corrected chi connectivity index (χ2v) is 12.1. The highest BCUT2D eigenvalue weighted by molar-refractivity contribution is 5.49. The number of rotatable bonds is 12. The molecule has 13 heteroatoms. The summed E-state index contributed by atoms with van der Waals surface area (Å²) >= 11 is 0. The Balaban J connectivity index is 1.39. The molecule has 0 aliphatic carbocycles. The first-order valence-electron chi connectivity index (χ1n) is 16.1. The molecule has 1 fully saturated rings. The van der Waals surface area contributed by atoms with Crippen LogP contribution in [-0.4, -0.2) is 57.2 Å². The molecule has 1 saturated heterocycles. The van der Waals surface area contributed by atoms with E-state index in [1.165, 1.54) is 27.6 Å². The van der Waals surface area contributed by atoms with Gasteiger partial charge in [0.05, 0.1) is 26.9 Å². The summed E-state index contributed by atoms with van der Waals surface area (Å²) in [7, 11) is 3.18. The average Bonchev–Trinajstić information content (AvgIpc) is 3.44. The number of nitrogens with zero attached hydrogens (tertiary/aromatic N) is 2. The van der Waals surface area contributed by atoms with Crippen LogP contribution in [0.2, 0.25) is 0 Å². The summed E-state index contributed by atoms with van der Waals surface area (Å²) in [5.74, 6) is 0.599. The maximum absolute atomic E-state index is 13.0. The molecule has 3 N–H and O–H groups in total. The zero-order chi connectivity index (χ0) is 35.4. The smallest absolute Gasteiger partial charge is 0.330 e. The van der Waals surface area contributed by atoms with Gasteiger partial charge in [0.2, 0.25) is 0 Å². The van der Waals surface area contributed by atoms with Gasteiger partial charge in [-0.3, -0.25) is 24.1 Å². The summed E-state index contributed by atoms with van der Waals surface area (Å²) in [5, 5.41) is 11.8. The molecule has 5 aromatic rings. The number of hydrogen-bond acceptors (Lipinski definition) is 9. The molecule has 0 amide bonds. The fourth-order valence-corrected chi connectivity index (χ4v) is 6.51. The zero-order valence-corrected chi connectivity index (χ0v) is 27.8. The van der Waals surface area contributed by atoms with Gasteiger partial charge in [-0.2, -0.15) is 0 Å². The minimum atomic E-state index is -1.20. The number of aryl methyl sites for hydroxylation is 2. The van der Waals surface area contributed by atoms with Crippen molar-refractivity contribution in [3.8, 4) is 11.5 Å². The van der Waals surface area contributed by atoms with E-state index in [1.54, 1.807) is 21.1 Å². The Kier molecular flexibility index (Phi) is 10.00. The zero-order valence-electron chi connectivity index (χ0n) is 27.8. The molecule has 0 unspecified atom stereocenters. The van der Waals surface area contributed by atoms with Crippen molar-refractivity contribution in [2.24, 2.45) is 5.92 Å². The molecule has 1 aliphatic rings. The lowest BCUT2D eigenvalue weighted by atomic mass is 9.80. The first-order chi connectivity index (χ1) is 24.1. The highest BCUT2D eigenvalue weighted by atomic mass is 16.6. The number of aromatic nitrogens is 4. The van der Waals surface area contributed by atoms with Crippen molar-refractivity contribution in [3.05, 3.63) is 161 Å². The molecule has 0 spiro atoms. The van der Waals surface area contributed by atoms with Crippen LogP contribution in [0.1, 0.15) is 34.9 Å². The Morgan fingerprint density at radius 3 is 1.98 bits per heavy atom. The fourth-order valence-electron chi connectivity index (χ4n) is 6.51. The number of ether oxygens (including phenoxy) is 4. The lowest BCUT2D eigenvalue weighted by Gasteiger charge is -2.37. The van der Waals surface area contributed by atoms with Crippen molar-refractivity contribution in [1.82, 2.24) is 19.1 Å². The van der Waals surface area contributed by atoms with Gasteiger partial charge in [0.1, 0.15) is 29.4 Å². The molecule has 260 valence electrons. The number of nitrogens with one attached hydrogen (secondary N) is 2. The summed E-state index contributed by atoms with van der Waals surface area (Å²) in [5.41, 5.74) is -0.871. The van der Waals surface area contributed by atoms with E-state index in [-0.39, 0.29) is 19.6 Å². The molecule has 1 aliphatic heterocycles. The number of methoxy groups -OCH3 is 2. The summed E-state index contributed by atoms with van der Waals surface area (Å²) in [6.07, 6.45) is -0.191. The van der Waals surface area contributed by atoms with Crippen molar-refractivity contribution >= 4 is 0 Å². The molecule has 3 heterocycles. The van der Waals surface area contributed by atoms with Crippen LogP contribution < -0.4 is 32.0 Å². The Morgan fingerprint density at radius 2 is 1.40 bits per heavy atom. The predicted molar refractivity (Wildman–Crippen MR) is 184 cm³/mol. The van der Waals surface area contributed by atoms with Crippen molar-refractivity contribution < 1.29 is 24.1 Å². The Labute approximate surface area is 286 Å². The van der Waals surface area contributed by atoms with E-state index in [4.69, 9.17) is 18.9 Å². The van der Waals surface area contributed by atoms with Gasteiger partial charge >= 0.3 is 11.4 Å². The molecule has 13 nitrogen and oxygen atoms in total. The molecule has 0 radical (unpaired) electrons. The van der Waals surface area contributed by atoms with Gasteiger partial charge in [-0.15, -0.1) is 0 Å². The van der Waals surface area contributed by atoms with Crippen molar-refractivity contribution in [2.75, 3.05) is 20.8 Å². The summed E-state index contributed by atoms with van der Waals surface area (Å²) in [4.78, 5) is 53.9. The first kappa shape index (κ1) is 34.4. The summed E-state index contributed by atoms with van der Waals surface area (Å²) in [6.45, 7) is 1.56. The number of aliphatic hydroxyl groups is 1. The maximum atomic E-state index is 13.0. The van der Waals surface area contributed by atoms with Gasteiger partial charge in [0.15, 0.2) is 0 Å². The summed E-state index contributed by atoms with van der Waals surface area (Å²) < 4.78 is 26.8. The van der Waals surface area contributed by atoms with Gasteiger partial charge in [-0.1, -0.05) is 54.6 Å². The van der Waals surface area contributed by atoms with Crippen molar-refractivity contribution in [2.45, 2.75) is 43.9 Å². The van der Waals surface area contributed by atoms with Crippen LogP contribution in [0.4, 0.5) is 0 Å². The lowest BCUT2D eigenvalue weighted by Crippen LogP contribution is -2.39. The van der Waals surface area contributed by atoms with Crippen LogP contribution in [0.25, 0.3) is 0 Å². The third kappa shape index (κ3) is 6.70. The van der Waals surface area contributed by atoms with Gasteiger partial charge in [-0.05, 0) is 54.3 Å². The lowest BCUT2D eigenvalue weighted by molar-refractivity contribution is -0.0949. The molecule has 2 aromatic heterocycles. The largest absolute Gasteiger partial charge is 0.497 e. The molecular formula is C37H38N4O9. The number of benzene rings is 3. The van der Waals surface area contributed by atoms with Gasteiger partial charge < -0.3 is 28.6 Å². The van der Waals surface area contributed by atoms with Crippen LogP contribution >= 0.6 is 0 Å². The number of H-pyrrole nitrogens is 2. The quantitative estimate of drug-likeness (QED) is 0.168. The number of hydrogen-bond donors (Lipinski definition) is 3. The minimum absolute atomic E-state index is 0.107. The fraction of sp³-hybridized carbons (Fsp3) is 0.297. The van der Waals surface area contributed by atoms with E-state index in [2.05, 4.69) is 9.97 Å². The molecule has 6 rings (SSSR count). The summed E-state index contributed by atoms with van der Waals surface area (Å²) in [6, 6.07) is 25.9. The topological polar surface area (TPSA) is 167 Å². The van der Waals surface area contributed by atoms with E-state index in [0.29, 0.717) is 17.1 Å². The van der Waals surface area contributed by atoms with E-state index in [1.807, 2.05) is 78.9 Å². The van der Waals surface area contributed by atoms with Crippen LogP contribution in [0.5, 0.6) is 11.5 Å². The number of aliphatic hydroxyl groups excluding tert-OH is 1. The Hall–Kier alpha value is -5.50. The third-order valence-electron chi connectivity index (χ3n) is 9.16. The standard InChI is InChI=1S/C37H38N4O9/c1-23-21-40(35(45)39-33(23)44)19-17-29-32(43)30(50-34(29)41-20-18-31(42)38-36(41)46)22-49-37(24-7-5-4-6-8-24,25-9-13-27(47-2)14-10-25)26-11-15-28(48-3)16-12-26/h4-16,18,20-21,29-30,32,34,43H,17,19,22H2,1-3H3,(H,38,42,46)(H,39,44,45)/t29-,30-,32+,34-/m1/s1. The van der Waals surface area contributed by atoms with E-state index in [0.717, 1.165) is 16.7 Å². The number of aromatic amines is 2. The second kappa shape index (κ2) is 14.5. The molecule has 0 bridgehead atoms. The molecule has 50 heavy (non-hydrogen) atoms. The average molecular weight is 683 g/mol. The molecule has 4 atom stereocenters. The van der Waals surface area contributed by atoms with Crippen LogP contribution in [0, 0.1) is 12.8 Å². The third-order valence-corrected chi connectivity index (χ3v) is 9.16. The maximum Gasteiger partial charge on any atom is 0.330 e. The van der Waals surface area contributed by atoms with E-state index < -0.39 is 52.5 Å².